The SMILES string of the molecule is CS(=O)(=O)Cc1ccc(NC(=O)[C@@H]2C[C@@H]2c2ccco2)cc1F. The Bertz CT molecular complexity index is 830. The van der Waals surface area contributed by atoms with E-state index in [9.17, 15) is 17.6 Å². The van der Waals surface area contributed by atoms with Crippen molar-refractivity contribution in [2.24, 2.45) is 5.92 Å². The van der Waals surface area contributed by atoms with Crippen molar-refractivity contribution in [1.29, 1.82) is 0 Å². The van der Waals surface area contributed by atoms with Crippen LogP contribution in [0.5, 0.6) is 0 Å². The van der Waals surface area contributed by atoms with Gasteiger partial charge >= 0.3 is 0 Å². The van der Waals surface area contributed by atoms with Crippen LogP contribution in [0.3, 0.4) is 0 Å². The summed E-state index contributed by atoms with van der Waals surface area (Å²) in [5, 5.41) is 2.66. The number of carbonyl (C=O) groups is 1. The number of furan rings is 1. The minimum Gasteiger partial charge on any atom is -0.469 e. The van der Waals surface area contributed by atoms with Crippen LogP contribution in [0.15, 0.2) is 41.0 Å². The number of benzene rings is 1. The molecule has 1 aromatic heterocycles. The van der Waals surface area contributed by atoms with Gasteiger partial charge in [0.05, 0.1) is 12.0 Å². The Balaban J connectivity index is 1.65. The van der Waals surface area contributed by atoms with Crippen LogP contribution in [0.1, 0.15) is 23.7 Å². The monoisotopic (exact) mass is 337 g/mol. The number of amides is 1. The first kappa shape index (κ1) is 15.7. The molecule has 1 aliphatic rings. The number of halogens is 1. The topological polar surface area (TPSA) is 76.4 Å². The zero-order chi connectivity index (χ0) is 16.6. The van der Waals surface area contributed by atoms with Gasteiger partial charge in [-0.05, 0) is 30.7 Å². The van der Waals surface area contributed by atoms with Gasteiger partial charge in [-0.2, -0.15) is 0 Å². The molecule has 7 heteroatoms. The predicted molar refractivity (Wildman–Crippen MR) is 83.1 cm³/mol. The molecule has 0 bridgehead atoms. The summed E-state index contributed by atoms with van der Waals surface area (Å²) in [6.07, 6.45) is 3.32. The van der Waals surface area contributed by atoms with Gasteiger partial charge in [-0.25, -0.2) is 12.8 Å². The van der Waals surface area contributed by atoms with E-state index in [-0.39, 0.29) is 29.1 Å². The first-order valence-electron chi connectivity index (χ1n) is 7.14. The van der Waals surface area contributed by atoms with E-state index < -0.39 is 15.7 Å². The van der Waals surface area contributed by atoms with E-state index in [4.69, 9.17) is 4.42 Å². The number of hydrogen-bond acceptors (Lipinski definition) is 4. The molecule has 0 saturated heterocycles. The van der Waals surface area contributed by atoms with Crippen LogP contribution in [0.25, 0.3) is 0 Å². The van der Waals surface area contributed by atoms with Crippen molar-refractivity contribution < 1.29 is 22.0 Å². The van der Waals surface area contributed by atoms with Crippen LogP contribution in [0.2, 0.25) is 0 Å². The van der Waals surface area contributed by atoms with Crippen LogP contribution in [0.4, 0.5) is 10.1 Å². The predicted octanol–water partition coefficient (Wildman–Crippen LogP) is 2.71. The minimum absolute atomic E-state index is 0.0688. The summed E-state index contributed by atoms with van der Waals surface area (Å²) in [6.45, 7) is 0. The second kappa shape index (κ2) is 5.81. The fraction of sp³-hybridized carbons (Fsp3) is 0.312. The molecule has 3 rings (SSSR count). The molecule has 2 aromatic rings. The molecule has 0 unspecified atom stereocenters. The number of rotatable bonds is 5. The van der Waals surface area contributed by atoms with Gasteiger partial charge in [-0.1, -0.05) is 6.07 Å². The normalized spacial score (nSPS) is 20.3. The summed E-state index contributed by atoms with van der Waals surface area (Å²) in [5.41, 5.74) is 0.403. The Hall–Kier alpha value is -2.15. The largest absolute Gasteiger partial charge is 0.469 e. The molecule has 0 spiro atoms. The molecule has 1 saturated carbocycles. The number of carbonyl (C=O) groups excluding carboxylic acids is 1. The fourth-order valence-corrected chi connectivity index (χ4v) is 3.36. The van der Waals surface area contributed by atoms with Crippen molar-refractivity contribution in [2.45, 2.75) is 18.1 Å². The second-order valence-electron chi connectivity index (χ2n) is 5.83. The first-order chi connectivity index (χ1) is 10.8. The third-order valence-corrected chi connectivity index (χ3v) is 4.61. The summed E-state index contributed by atoms with van der Waals surface area (Å²) in [6, 6.07) is 7.63. The Morgan fingerprint density at radius 1 is 1.39 bits per heavy atom. The number of nitrogens with one attached hydrogen (secondary N) is 1. The van der Waals surface area contributed by atoms with E-state index in [0.717, 1.165) is 18.1 Å². The lowest BCUT2D eigenvalue weighted by Gasteiger charge is -2.07. The highest BCUT2D eigenvalue weighted by Gasteiger charge is 2.45. The molecule has 1 amide bonds. The molecule has 122 valence electrons. The van der Waals surface area contributed by atoms with Crippen LogP contribution in [0, 0.1) is 11.7 Å². The molecule has 1 aliphatic carbocycles. The summed E-state index contributed by atoms with van der Waals surface area (Å²) >= 11 is 0. The summed E-state index contributed by atoms with van der Waals surface area (Å²) in [4.78, 5) is 12.1. The lowest BCUT2D eigenvalue weighted by Crippen LogP contribution is -2.15. The van der Waals surface area contributed by atoms with Crippen molar-refractivity contribution in [2.75, 3.05) is 11.6 Å². The van der Waals surface area contributed by atoms with Crippen molar-refractivity contribution in [3.8, 4) is 0 Å². The van der Waals surface area contributed by atoms with Crippen LogP contribution in [-0.4, -0.2) is 20.6 Å². The molecule has 2 atom stereocenters. The lowest BCUT2D eigenvalue weighted by molar-refractivity contribution is -0.117. The van der Waals surface area contributed by atoms with E-state index in [2.05, 4.69) is 5.32 Å². The van der Waals surface area contributed by atoms with E-state index in [1.54, 1.807) is 12.3 Å². The van der Waals surface area contributed by atoms with Gasteiger partial charge in [-0.15, -0.1) is 0 Å². The summed E-state index contributed by atoms with van der Waals surface area (Å²) < 4.78 is 41.6. The van der Waals surface area contributed by atoms with Crippen LogP contribution < -0.4 is 5.32 Å². The number of hydrogen-bond donors (Lipinski definition) is 1. The molecule has 1 N–H and O–H groups in total. The smallest absolute Gasteiger partial charge is 0.228 e. The van der Waals surface area contributed by atoms with Gasteiger partial charge < -0.3 is 9.73 Å². The standard InChI is InChI=1S/C16H16FNO4S/c1-23(20,21)9-10-4-5-11(7-14(10)17)18-16(19)13-8-12(13)15-3-2-6-22-15/h2-7,12-13H,8-9H2,1H3,(H,18,19)/t12-,13+/m0/s1. The van der Waals surface area contributed by atoms with E-state index in [0.29, 0.717) is 12.1 Å². The molecular formula is C16H16FNO4S. The second-order valence-corrected chi connectivity index (χ2v) is 7.97. The Morgan fingerprint density at radius 3 is 2.78 bits per heavy atom. The zero-order valence-corrected chi connectivity index (χ0v) is 13.3. The van der Waals surface area contributed by atoms with Crippen molar-refractivity contribution in [3.05, 3.63) is 53.7 Å². The Morgan fingerprint density at radius 2 is 2.17 bits per heavy atom. The van der Waals surface area contributed by atoms with Gasteiger partial charge in [0.1, 0.15) is 11.6 Å². The third-order valence-electron chi connectivity index (χ3n) is 3.77. The molecule has 1 aromatic carbocycles. The molecule has 23 heavy (non-hydrogen) atoms. The van der Waals surface area contributed by atoms with Crippen LogP contribution in [-0.2, 0) is 20.4 Å². The van der Waals surface area contributed by atoms with Crippen LogP contribution >= 0.6 is 0 Å². The maximum atomic E-state index is 13.9. The number of anilines is 1. The van der Waals surface area contributed by atoms with E-state index in [1.807, 2.05) is 6.07 Å². The maximum Gasteiger partial charge on any atom is 0.228 e. The molecule has 0 aliphatic heterocycles. The van der Waals surface area contributed by atoms with Gasteiger partial charge in [0, 0.05) is 29.3 Å². The lowest BCUT2D eigenvalue weighted by atomic mass is 10.2. The molecule has 0 radical (unpaired) electrons. The number of sulfone groups is 1. The van der Waals surface area contributed by atoms with Gasteiger partial charge in [0.25, 0.3) is 0 Å². The fourth-order valence-electron chi connectivity index (χ4n) is 2.56. The third kappa shape index (κ3) is 3.79. The van der Waals surface area contributed by atoms with Crippen molar-refractivity contribution >= 4 is 21.4 Å². The first-order valence-corrected chi connectivity index (χ1v) is 9.20. The minimum atomic E-state index is -3.31. The van der Waals surface area contributed by atoms with Gasteiger partial charge in [0.2, 0.25) is 5.91 Å². The average molecular weight is 337 g/mol. The quantitative estimate of drug-likeness (QED) is 0.910. The zero-order valence-electron chi connectivity index (χ0n) is 12.5. The average Bonchev–Trinajstić information content (AvgIpc) is 3.07. The summed E-state index contributed by atoms with van der Waals surface area (Å²) in [5.74, 6) is -0.539. The highest BCUT2D eigenvalue weighted by atomic mass is 32.2. The molecule has 1 heterocycles. The highest BCUT2D eigenvalue weighted by Crippen LogP contribution is 2.48. The van der Waals surface area contributed by atoms with E-state index >= 15 is 0 Å². The Labute approximate surface area is 133 Å². The van der Waals surface area contributed by atoms with Gasteiger partial charge in [-0.3, -0.25) is 4.79 Å². The highest BCUT2D eigenvalue weighted by molar-refractivity contribution is 7.89. The molecule has 1 fully saturated rings. The molecule has 5 nitrogen and oxygen atoms in total. The van der Waals surface area contributed by atoms with Gasteiger partial charge in [0.15, 0.2) is 9.84 Å². The Kier molecular flexibility index (Phi) is 3.97. The molecular weight excluding hydrogens is 321 g/mol. The summed E-state index contributed by atoms with van der Waals surface area (Å²) in [7, 11) is -3.31. The maximum absolute atomic E-state index is 13.9. The van der Waals surface area contributed by atoms with E-state index in [1.165, 1.54) is 12.1 Å². The van der Waals surface area contributed by atoms with Crippen molar-refractivity contribution in [3.63, 3.8) is 0 Å². The van der Waals surface area contributed by atoms with Crippen molar-refractivity contribution in [1.82, 2.24) is 0 Å².